The molecule has 2 atom stereocenters. The lowest BCUT2D eigenvalue weighted by Gasteiger charge is -2.28. The normalized spacial score (nSPS) is 23.5. The van der Waals surface area contributed by atoms with E-state index in [9.17, 15) is 4.79 Å². The van der Waals surface area contributed by atoms with Gasteiger partial charge >= 0.3 is 0 Å². The predicted molar refractivity (Wildman–Crippen MR) is 121 cm³/mol. The van der Waals surface area contributed by atoms with Crippen LogP contribution in [0.15, 0.2) is 36.4 Å². The molecule has 2 saturated heterocycles. The molecule has 30 heavy (non-hydrogen) atoms. The zero-order chi connectivity index (χ0) is 20.7. The van der Waals surface area contributed by atoms with Gasteiger partial charge in [0, 0.05) is 48.5 Å². The lowest BCUT2D eigenvalue weighted by atomic mass is 10.1. The molecule has 0 aromatic heterocycles. The number of likely N-dealkylation sites (tertiary alicyclic amines) is 1. The Labute approximate surface area is 179 Å². The maximum Gasteiger partial charge on any atom is 0.255 e. The van der Waals surface area contributed by atoms with Gasteiger partial charge < -0.3 is 15.0 Å². The summed E-state index contributed by atoms with van der Waals surface area (Å²) in [4.78, 5) is 18.0. The second-order valence-electron chi connectivity index (χ2n) is 8.99. The van der Waals surface area contributed by atoms with Crippen molar-refractivity contribution in [2.24, 2.45) is 0 Å². The maximum absolute atomic E-state index is 12.8. The highest BCUT2D eigenvalue weighted by atomic mass is 16.5. The molecule has 5 nitrogen and oxygen atoms in total. The first-order valence-corrected chi connectivity index (χ1v) is 11.3. The lowest BCUT2D eigenvalue weighted by Crippen LogP contribution is -2.39. The minimum atomic E-state index is -0.0650. The van der Waals surface area contributed by atoms with Gasteiger partial charge in [-0.3, -0.25) is 9.69 Å². The van der Waals surface area contributed by atoms with Crippen molar-refractivity contribution in [3.63, 3.8) is 0 Å². The van der Waals surface area contributed by atoms with E-state index >= 15 is 0 Å². The summed E-state index contributed by atoms with van der Waals surface area (Å²) in [6.07, 6.45) is 4.78. The molecule has 2 aromatic carbocycles. The van der Waals surface area contributed by atoms with Gasteiger partial charge in [-0.05, 0) is 87.2 Å². The second kappa shape index (κ2) is 7.95. The van der Waals surface area contributed by atoms with Gasteiger partial charge in [0.2, 0.25) is 0 Å². The Kier molecular flexibility index (Phi) is 5.15. The van der Waals surface area contributed by atoms with Crippen molar-refractivity contribution < 1.29 is 9.53 Å². The lowest BCUT2D eigenvalue weighted by molar-refractivity contribution is 0.102. The summed E-state index contributed by atoms with van der Waals surface area (Å²) in [6.45, 7) is 8.60. The average Bonchev–Trinajstić information content (AvgIpc) is 3.48. The third kappa shape index (κ3) is 3.67. The van der Waals surface area contributed by atoms with Gasteiger partial charge in [0.15, 0.2) is 0 Å². The fourth-order valence-electron chi connectivity index (χ4n) is 5.25. The first-order chi connectivity index (χ1) is 14.6. The Morgan fingerprint density at radius 2 is 2.03 bits per heavy atom. The highest BCUT2D eigenvalue weighted by Gasteiger charge is 2.33. The molecule has 1 amide bonds. The number of nitrogens with one attached hydrogen (secondary N) is 1. The molecule has 0 radical (unpaired) electrons. The monoisotopic (exact) mass is 405 g/mol. The quantitative estimate of drug-likeness (QED) is 0.826. The number of ether oxygens (including phenoxy) is 1. The van der Waals surface area contributed by atoms with Crippen LogP contribution in [0.5, 0.6) is 5.75 Å². The smallest absolute Gasteiger partial charge is 0.255 e. The molecule has 5 heteroatoms. The number of rotatable bonds is 4. The topological polar surface area (TPSA) is 44.8 Å². The van der Waals surface area contributed by atoms with Crippen LogP contribution in [-0.4, -0.2) is 49.1 Å². The molecule has 0 unspecified atom stereocenters. The van der Waals surface area contributed by atoms with Gasteiger partial charge in [0.1, 0.15) is 5.75 Å². The molecule has 158 valence electrons. The number of hydrogen-bond donors (Lipinski definition) is 1. The van der Waals surface area contributed by atoms with E-state index in [-0.39, 0.29) is 5.91 Å². The van der Waals surface area contributed by atoms with E-state index in [1.54, 1.807) is 0 Å². The van der Waals surface area contributed by atoms with Crippen molar-refractivity contribution in [2.75, 3.05) is 36.5 Å². The highest BCUT2D eigenvalue weighted by Crippen LogP contribution is 2.31. The average molecular weight is 406 g/mol. The first-order valence-electron chi connectivity index (χ1n) is 11.3. The highest BCUT2D eigenvalue weighted by molar-refractivity contribution is 6.05. The molecule has 3 aliphatic heterocycles. The van der Waals surface area contributed by atoms with Crippen molar-refractivity contribution in [3.05, 3.63) is 53.1 Å². The third-order valence-electron chi connectivity index (χ3n) is 7.01. The Morgan fingerprint density at radius 1 is 1.13 bits per heavy atom. The van der Waals surface area contributed by atoms with E-state index in [2.05, 4.69) is 41.1 Å². The Bertz CT molecular complexity index is 957. The molecular weight excluding hydrogens is 374 g/mol. The van der Waals surface area contributed by atoms with Gasteiger partial charge in [-0.15, -0.1) is 0 Å². The van der Waals surface area contributed by atoms with Crippen LogP contribution in [0.4, 0.5) is 11.4 Å². The van der Waals surface area contributed by atoms with E-state index in [1.807, 2.05) is 24.3 Å². The molecule has 0 spiro atoms. The standard InChI is InChI=1S/C25H31N3O2/c1-17-14-21(27-12-9-22(16-27)28-11-3-4-18(28)2)6-7-23(17)26-25(29)20-5-8-24-19(15-20)10-13-30-24/h5-8,14-15,18,22H,3-4,9-13,16H2,1-2H3,(H,26,29)/t18-,22-/m0/s1. The van der Waals surface area contributed by atoms with E-state index in [0.29, 0.717) is 18.2 Å². The van der Waals surface area contributed by atoms with Gasteiger partial charge in [-0.25, -0.2) is 0 Å². The second-order valence-corrected chi connectivity index (χ2v) is 8.99. The zero-order valence-electron chi connectivity index (χ0n) is 18.0. The number of hydrogen-bond acceptors (Lipinski definition) is 4. The molecule has 5 rings (SSSR count). The van der Waals surface area contributed by atoms with Crippen LogP contribution in [0.2, 0.25) is 0 Å². The Morgan fingerprint density at radius 3 is 2.83 bits per heavy atom. The van der Waals surface area contributed by atoms with E-state index < -0.39 is 0 Å². The van der Waals surface area contributed by atoms with Gasteiger partial charge in [0.25, 0.3) is 5.91 Å². The maximum atomic E-state index is 12.8. The van der Waals surface area contributed by atoms with Crippen LogP contribution < -0.4 is 15.0 Å². The van der Waals surface area contributed by atoms with Crippen molar-refractivity contribution in [2.45, 2.75) is 51.6 Å². The molecule has 0 aliphatic carbocycles. The van der Waals surface area contributed by atoms with Gasteiger partial charge in [-0.1, -0.05) is 0 Å². The minimum absolute atomic E-state index is 0.0650. The molecule has 0 saturated carbocycles. The number of fused-ring (bicyclic) bond motifs is 1. The van der Waals surface area contributed by atoms with Crippen molar-refractivity contribution in [3.8, 4) is 5.75 Å². The molecule has 0 bridgehead atoms. The van der Waals surface area contributed by atoms with E-state index in [4.69, 9.17) is 4.74 Å². The summed E-state index contributed by atoms with van der Waals surface area (Å²) in [5, 5.41) is 3.09. The first kappa shape index (κ1) is 19.4. The Hall–Kier alpha value is -2.53. The van der Waals surface area contributed by atoms with E-state index in [1.165, 1.54) is 31.5 Å². The van der Waals surface area contributed by atoms with Crippen LogP contribution in [0, 0.1) is 6.92 Å². The number of anilines is 2. The molecule has 1 N–H and O–H groups in total. The number of carbonyl (C=O) groups excluding carboxylic acids is 1. The summed E-state index contributed by atoms with van der Waals surface area (Å²) in [7, 11) is 0. The number of amides is 1. The minimum Gasteiger partial charge on any atom is -0.493 e. The summed E-state index contributed by atoms with van der Waals surface area (Å²) < 4.78 is 5.54. The molecule has 2 fully saturated rings. The van der Waals surface area contributed by atoms with Gasteiger partial charge in [-0.2, -0.15) is 0 Å². The molecule has 3 aliphatic rings. The van der Waals surface area contributed by atoms with Crippen molar-refractivity contribution in [1.82, 2.24) is 4.90 Å². The zero-order valence-corrected chi connectivity index (χ0v) is 18.0. The largest absolute Gasteiger partial charge is 0.493 e. The summed E-state index contributed by atoms with van der Waals surface area (Å²) >= 11 is 0. The van der Waals surface area contributed by atoms with Gasteiger partial charge in [0.05, 0.1) is 6.61 Å². The number of nitrogens with zero attached hydrogens (tertiary/aromatic N) is 2. The molecule has 2 aromatic rings. The van der Waals surface area contributed by atoms with E-state index in [0.717, 1.165) is 48.1 Å². The third-order valence-corrected chi connectivity index (χ3v) is 7.01. The summed E-state index contributed by atoms with van der Waals surface area (Å²) in [5.41, 5.74) is 5.04. The van der Waals surface area contributed by atoms with Crippen LogP contribution in [0.3, 0.4) is 0 Å². The Balaban J connectivity index is 1.25. The number of aryl methyl sites for hydroxylation is 1. The molecule has 3 heterocycles. The van der Waals surface area contributed by atoms with Crippen LogP contribution in [-0.2, 0) is 6.42 Å². The van der Waals surface area contributed by atoms with Crippen LogP contribution in [0.25, 0.3) is 0 Å². The van der Waals surface area contributed by atoms with Crippen LogP contribution >= 0.6 is 0 Å². The van der Waals surface area contributed by atoms with Crippen molar-refractivity contribution >= 4 is 17.3 Å². The fraction of sp³-hybridized carbons (Fsp3) is 0.480. The summed E-state index contributed by atoms with van der Waals surface area (Å²) in [5.74, 6) is 0.837. The fourth-order valence-corrected chi connectivity index (χ4v) is 5.25. The SMILES string of the molecule is Cc1cc(N2CC[C@H](N3CCC[C@@H]3C)C2)ccc1NC(=O)c1ccc2c(c1)CCO2. The van der Waals surface area contributed by atoms with Crippen LogP contribution in [0.1, 0.15) is 47.7 Å². The molecular formula is C25H31N3O2. The summed E-state index contributed by atoms with van der Waals surface area (Å²) in [6, 6.07) is 13.5. The number of benzene rings is 2. The number of carbonyl (C=O) groups is 1. The van der Waals surface area contributed by atoms with Crippen molar-refractivity contribution in [1.29, 1.82) is 0 Å². The predicted octanol–water partition coefficient (Wildman–Crippen LogP) is 4.25.